The Bertz CT molecular complexity index is 670. The molecule has 7 heteroatoms. The standard InChI is InChI=1S/C16H19N3O4/c1-10-8-13-14(23-7-6-22-13)9-11(10)4-5-17-16(21)12-2-3-15(20)19-18-12/h8-9H,2-7H2,1H3,(H,17,21)(H,19,20). The van der Waals surface area contributed by atoms with Crippen LogP contribution in [0, 0.1) is 6.92 Å². The smallest absolute Gasteiger partial charge is 0.267 e. The van der Waals surface area contributed by atoms with Crippen LogP contribution < -0.4 is 20.2 Å². The number of nitrogens with one attached hydrogen (secondary N) is 2. The van der Waals surface area contributed by atoms with Crippen LogP contribution in [0.3, 0.4) is 0 Å². The summed E-state index contributed by atoms with van der Waals surface area (Å²) in [5, 5.41) is 6.61. The molecule has 0 atom stereocenters. The summed E-state index contributed by atoms with van der Waals surface area (Å²) in [4.78, 5) is 23.0. The molecule has 0 spiro atoms. The lowest BCUT2D eigenvalue weighted by molar-refractivity contribution is -0.121. The normalized spacial score (nSPS) is 16.4. The summed E-state index contributed by atoms with van der Waals surface area (Å²) in [6, 6.07) is 3.93. The summed E-state index contributed by atoms with van der Waals surface area (Å²) in [6.45, 7) is 3.63. The monoisotopic (exact) mass is 317 g/mol. The van der Waals surface area contributed by atoms with Crippen LogP contribution in [0.1, 0.15) is 24.0 Å². The number of carbonyl (C=O) groups excluding carboxylic acids is 2. The van der Waals surface area contributed by atoms with Crippen molar-refractivity contribution in [3.8, 4) is 11.5 Å². The van der Waals surface area contributed by atoms with E-state index in [0.29, 0.717) is 44.7 Å². The summed E-state index contributed by atoms with van der Waals surface area (Å²) in [5.74, 6) is 1.13. The van der Waals surface area contributed by atoms with Crippen LogP contribution >= 0.6 is 0 Å². The van der Waals surface area contributed by atoms with Crippen molar-refractivity contribution >= 4 is 17.5 Å². The van der Waals surface area contributed by atoms with Gasteiger partial charge >= 0.3 is 0 Å². The number of hydrazone groups is 1. The van der Waals surface area contributed by atoms with Crippen molar-refractivity contribution in [2.24, 2.45) is 5.10 Å². The quantitative estimate of drug-likeness (QED) is 0.855. The van der Waals surface area contributed by atoms with E-state index in [0.717, 1.165) is 22.6 Å². The Kier molecular flexibility index (Phi) is 4.45. The second kappa shape index (κ2) is 6.68. The van der Waals surface area contributed by atoms with Gasteiger partial charge in [-0.25, -0.2) is 5.43 Å². The van der Waals surface area contributed by atoms with E-state index in [9.17, 15) is 9.59 Å². The number of hydrogen-bond acceptors (Lipinski definition) is 5. The number of hydrogen-bond donors (Lipinski definition) is 2. The van der Waals surface area contributed by atoms with Crippen LogP contribution in [0.15, 0.2) is 17.2 Å². The molecule has 0 bridgehead atoms. The molecule has 7 nitrogen and oxygen atoms in total. The molecule has 0 aromatic heterocycles. The van der Waals surface area contributed by atoms with E-state index in [1.165, 1.54) is 0 Å². The molecule has 2 aliphatic heterocycles. The fourth-order valence-corrected chi connectivity index (χ4v) is 2.55. The summed E-state index contributed by atoms with van der Waals surface area (Å²) in [6.07, 6.45) is 1.36. The van der Waals surface area contributed by atoms with Crippen LogP contribution in [-0.2, 0) is 16.0 Å². The topological polar surface area (TPSA) is 89.0 Å². The van der Waals surface area contributed by atoms with Crippen molar-refractivity contribution in [1.29, 1.82) is 0 Å². The van der Waals surface area contributed by atoms with Crippen molar-refractivity contribution in [3.63, 3.8) is 0 Å². The molecule has 0 aliphatic carbocycles. The minimum absolute atomic E-state index is 0.159. The van der Waals surface area contributed by atoms with E-state index in [4.69, 9.17) is 9.47 Å². The number of rotatable bonds is 4. The fourth-order valence-electron chi connectivity index (χ4n) is 2.55. The van der Waals surface area contributed by atoms with Gasteiger partial charge in [0.1, 0.15) is 18.9 Å². The average Bonchev–Trinajstić information content (AvgIpc) is 2.56. The van der Waals surface area contributed by atoms with E-state index in [-0.39, 0.29) is 11.8 Å². The minimum atomic E-state index is -0.236. The Morgan fingerprint density at radius 3 is 2.70 bits per heavy atom. The molecule has 0 fully saturated rings. The van der Waals surface area contributed by atoms with E-state index in [1.54, 1.807) is 0 Å². The van der Waals surface area contributed by atoms with E-state index < -0.39 is 0 Å². The predicted octanol–water partition coefficient (Wildman–Crippen LogP) is 0.691. The molecule has 2 amide bonds. The third-order valence-corrected chi connectivity index (χ3v) is 3.85. The maximum Gasteiger partial charge on any atom is 0.267 e. The molecular formula is C16H19N3O4. The molecule has 0 saturated heterocycles. The molecule has 1 aromatic carbocycles. The van der Waals surface area contributed by atoms with Gasteiger partial charge < -0.3 is 14.8 Å². The SMILES string of the molecule is Cc1cc2c(cc1CCNC(=O)C1=NNC(=O)CC1)OCCO2. The Morgan fingerprint density at radius 1 is 1.26 bits per heavy atom. The average molecular weight is 317 g/mol. The number of amides is 2. The maximum atomic E-state index is 12.0. The van der Waals surface area contributed by atoms with Gasteiger partial charge in [-0.15, -0.1) is 0 Å². The predicted molar refractivity (Wildman–Crippen MR) is 83.7 cm³/mol. The highest BCUT2D eigenvalue weighted by molar-refractivity contribution is 6.39. The number of ether oxygens (including phenoxy) is 2. The van der Waals surface area contributed by atoms with Crippen LogP contribution in [0.2, 0.25) is 0 Å². The van der Waals surface area contributed by atoms with Gasteiger partial charge in [-0.3, -0.25) is 9.59 Å². The van der Waals surface area contributed by atoms with Gasteiger partial charge in [-0.05, 0) is 36.6 Å². The lowest BCUT2D eigenvalue weighted by atomic mass is 10.0. The number of nitrogens with zero attached hydrogens (tertiary/aromatic N) is 1. The van der Waals surface area contributed by atoms with Crippen LogP contribution in [0.4, 0.5) is 0 Å². The molecule has 0 unspecified atom stereocenters. The Morgan fingerprint density at radius 2 is 2.00 bits per heavy atom. The van der Waals surface area contributed by atoms with Gasteiger partial charge in [0, 0.05) is 19.4 Å². The second-order valence-corrected chi connectivity index (χ2v) is 5.52. The van der Waals surface area contributed by atoms with Gasteiger partial charge in [0.2, 0.25) is 5.91 Å². The highest BCUT2D eigenvalue weighted by atomic mass is 16.6. The number of benzene rings is 1. The third-order valence-electron chi connectivity index (χ3n) is 3.85. The van der Waals surface area contributed by atoms with Crippen molar-refractivity contribution in [2.45, 2.75) is 26.2 Å². The lowest BCUT2D eigenvalue weighted by Gasteiger charge is -2.20. The molecular weight excluding hydrogens is 298 g/mol. The summed E-state index contributed by atoms with van der Waals surface area (Å²) in [7, 11) is 0. The molecule has 0 saturated carbocycles. The Labute approximate surface area is 134 Å². The zero-order valence-corrected chi connectivity index (χ0v) is 13.0. The molecule has 0 radical (unpaired) electrons. The second-order valence-electron chi connectivity index (χ2n) is 5.52. The zero-order valence-electron chi connectivity index (χ0n) is 13.0. The molecule has 23 heavy (non-hydrogen) atoms. The number of aryl methyl sites for hydroxylation is 1. The Hall–Kier alpha value is -2.57. The highest BCUT2D eigenvalue weighted by Gasteiger charge is 2.18. The third kappa shape index (κ3) is 3.61. The van der Waals surface area contributed by atoms with E-state index >= 15 is 0 Å². The number of carbonyl (C=O) groups is 2. The molecule has 3 rings (SSSR count). The summed E-state index contributed by atoms with van der Waals surface area (Å²) >= 11 is 0. The first-order valence-corrected chi connectivity index (χ1v) is 7.66. The van der Waals surface area contributed by atoms with Crippen LogP contribution in [-0.4, -0.2) is 37.3 Å². The molecule has 2 N–H and O–H groups in total. The summed E-state index contributed by atoms with van der Waals surface area (Å²) < 4.78 is 11.1. The first-order valence-electron chi connectivity index (χ1n) is 7.66. The van der Waals surface area contributed by atoms with Gasteiger partial charge in [0.25, 0.3) is 5.91 Å². The maximum absolute atomic E-state index is 12.0. The van der Waals surface area contributed by atoms with Gasteiger partial charge in [-0.1, -0.05) is 0 Å². The first-order chi connectivity index (χ1) is 11.1. The molecule has 2 aliphatic rings. The first kappa shape index (κ1) is 15.3. The minimum Gasteiger partial charge on any atom is -0.486 e. The van der Waals surface area contributed by atoms with Gasteiger partial charge in [-0.2, -0.15) is 5.10 Å². The van der Waals surface area contributed by atoms with E-state index in [1.807, 2.05) is 19.1 Å². The lowest BCUT2D eigenvalue weighted by Crippen LogP contribution is -2.37. The van der Waals surface area contributed by atoms with Crippen molar-refractivity contribution < 1.29 is 19.1 Å². The van der Waals surface area contributed by atoms with Gasteiger partial charge in [0.05, 0.1) is 0 Å². The summed E-state index contributed by atoms with van der Waals surface area (Å²) in [5.41, 5.74) is 4.89. The zero-order chi connectivity index (χ0) is 16.2. The van der Waals surface area contributed by atoms with Crippen LogP contribution in [0.5, 0.6) is 11.5 Å². The molecule has 122 valence electrons. The fraction of sp³-hybridized carbons (Fsp3) is 0.438. The van der Waals surface area contributed by atoms with E-state index in [2.05, 4.69) is 15.8 Å². The van der Waals surface area contributed by atoms with Crippen molar-refractivity contribution in [2.75, 3.05) is 19.8 Å². The van der Waals surface area contributed by atoms with Crippen molar-refractivity contribution in [3.05, 3.63) is 23.3 Å². The largest absolute Gasteiger partial charge is 0.486 e. The molecule has 1 aromatic rings. The number of fused-ring (bicyclic) bond motifs is 1. The van der Waals surface area contributed by atoms with Crippen molar-refractivity contribution in [1.82, 2.24) is 10.7 Å². The molecule has 2 heterocycles. The Balaban J connectivity index is 1.56. The van der Waals surface area contributed by atoms with Gasteiger partial charge in [0.15, 0.2) is 11.5 Å². The van der Waals surface area contributed by atoms with Crippen LogP contribution in [0.25, 0.3) is 0 Å². The highest BCUT2D eigenvalue weighted by Crippen LogP contribution is 2.33.